The van der Waals surface area contributed by atoms with Gasteiger partial charge in [-0.2, -0.15) is 0 Å². The number of hydrogen-bond acceptors (Lipinski definition) is 3. The van der Waals surface area contributed by atoms with Crippen LogP contribution in [0.25, 0.3) is 0 Å². The van der Waals surface area contributed by atoms with E-state index in [1.54, 1.807) is 0 Å². The summed E-state index contributed by atoms with van der Waals surface area (Å²) in [5, 5.41) is 4.13. The summed E-state index contributed by atoms with van der Waals surface area (Å²) in [5.41, 5.74) is 11.2. The predicted molar refractivity (Wildman–Crippen MR) is 164 cm³/mol. The van der Waals surface area contributed by atoms with Gasteiger partial charge in [0.05, 0.1) is 5.92 Å². The minimum atomic E-state index is 0.185. The van der Waals surface area contributed by atoms with Crippen molar-refractivity contribution in [1.82, 2.24) is 10.2 Å². The Morgan fingerprint density at radius 2 is 1.58 bits per heavy atom. The zero-order valence-corrected chi connectivity index (χ0v) is 25.7. The summed E-state index contributed by atoms with van der Waals surface area (Å²) in [5.74, 6) is 0.989. The third-order valence-corrected chi connectivity index (χ3v) is 9.32. The van der Waals surface area contributed by atoms with Crippen LogP contribution in [-0.4, -0.2) is 37.0 Å². The minimum absolute atomic E-state index is 0.185. The van der Waals surface area contributed by atoms with Crippen molar-refractivity contribution < 1.29 is 4.79 Å². The molecule has 5 heteroatoms. The summed E-state index contributed by atoms with van der Waals surface area (Å²) < 4.78 is 0. The van der Waals surface area contributed by atoms with Gasteiger partial charge < -0.3 is 15.1 Å². The third kappa shape index (κ3) is 6.37. The number of benzene rings is 2. The van der Waals surface area contributed by atoms with Gasteiger partial charge in [0.25, 0.3) is 0 Å². The topological polar surface area (TPSA) is 35.6 Å². The van der Waals surface area contributed by atoms with E-state index < -0.39 is 0 Å². The van der Waals surface area contributed by atoms with Crippen molar-refractivity contribution in [1.29, 1.82) is 0 Å². The number of hydrogen-bond donors (Lipinski definition) is 1. The largest absolute Gasteiger partial charge is 0.342 e. The lowest BCUT2D eigenvalue weighted by molar-refractivity contribution is -0.138. The molecule has 0 saturated carbocycles. The Kier molecular flexibility index (Phi) is 10.1. The SMILES string of the molecule is CCC(C)=C(C1CCN(C(=O)C2CNC2)CC1)N(Cc1ccc(CBr)cc1)c1cc(CC)c(CC)cc1C. The zero-order valence-electron chi connectivity index (χ0n) is 24.1. The zero-order chi connectivity index (χ0) is 27.2. The number of alkyl halides is 1. The van der Waals surface area contributed by atoms with Gasteiger partial charge in [-0.05, 0) is 79.8 Å². The van der Waals surface area contributed by atoms with Crippen molar-refractivity contribution in [2.75, 3.05) is 31.1 Å². The third-order valence-electron chi connectivity index (χ3n) is 8.67. The highest BCUT2D eigenvalue weighted by atomic mass is 79.9. The van der Waals surface area contributed by atoms with Gasteiger partial charge in [0.2, 0.25) is 5.91 Å². The van der Waals surface area contributed by atoms with Crippen LogP contribution in [0, 0.1) is 18.8 Å². The average molecular weight is 581 g/mol. The fourth-order valence-corrected chi connectivity index (χ4v) is 6.41. The quantitative estimate of drug-likeness (QED) is 0.303. The summed E-state index contributed by atoms with van der Waals surface area (Å²) in [6.07, 6.45) is 5.22. The molecule has 2 aliphatic rings. The molecule has 0 radical (unpaired) electrons. The fourth-order valence-electron chi connectivity index (χ4n) is 6.04. The van der Waals surface area contributed by atoms with Crippen LogP contribution in [0.3, 0.4) is 0 Å². The maximum Gasteiger partial charge on any atom is 0.228 e. The first-order valence-electron chi connectivity index (χ1n) is 14.6. The number of nitrogens with one attached hydrogen (secondary N) is 1. The van der Waals surface area contributed by atoms with Crippen molar-refractivity contribution >= 4 is 27.5 Å². The lowest BCUT2D eigenvalue weighted by atomic mass is 9.87. The Hall–Kier alpha value is -2.11. The molecule has 206 valence electrons. The van der Waals surface area contributed by atoms with Crippen LogP contribution < -0.4 is 10.2 Å². The second-order valence-corrected chi connectivity index (χ2v) is 11.7. The number of halogens is 1. The van der Waals surface area contributed by atoms with Crippen LogP contribution >= 0.6 is 15.9 Å². The monoisotopic (exact) mass is 579 g/mol. The molecule has 2 heterocycles. The average Bonchev–Trinajstić information content (AvgIpc) is 2.92. The highest BCUT2D eigenvalue weighted by Gasteiger charge is 2.34. The van der Waals surface area contributed by atoms with Crippen LogP contribution in [0.15, 0.2) is 47.7 Å². The number of piperidine rings is 1. The molecule has 38 heavy (non-hydrogen) atoms. The number of nitrogens with zero attached hydrogens (tertiary/aromatic N) is 2. The maximum absolute atomic E-state index is 12.9. The van der Waals surface area contributed by atoms with E-state index in [2.05, 4.69) is 102 Å². The molecule has 2 aliphatic heterocycles. The van der Waals surface area contributed by atoms with Gasteiger partial charge in [0.15, 0.2) is 0 Å². The van der Waals surface area contributed by atoms with Crippen molar-refractivity contribution in [3.05, 3.63) is 75.5 Å². The van der Waals surface area contributed by atoms with Gasteiger partial charge in [-0.25, -0.2) is 0 Å². The van der Waals surface area contributed by atoms with Crippen molar-refractivity contribution in [2.24, 2.45) is 11.8 Å². The summed E-state index contributed by atoms with van der Waals surface area (Å²) in [4.78, 5) is 17.7. The Labute approximate surface area is 239 Å². The van der Waals surface area contributed by atoms with E-state index in [1.807, 2.05) is 0 Å². The van der Waals surface area contributed by atoms with Crippen LogP contribution in [0.4, 0.5) is 5.69 Å². The Morgan fingerprint density at radius 3 is 2.11 bits per heavy atom. The van der Waals surface area contributed by atoms with E-state index in [0.29, 0.717) is 11.8 Å². The number of aryl methyl sites for hydroxylation is 3. The molecular formula is C33H46BrN3O. The van der Waals surface area contributed by atoms with Crippen LogP contribution in [0.5, 0.6) is 0 Å². The Morgan fingerprint density at radius 1 is 0.974 bits per heavy atom. The molecule has 1 amide bonds. The van der Waals surface area contributed by atoms with Crippen LogP contribution in [-0.2, 0) is 29.5 Å². The molecule has 0 spiro atoms. The smallest absolute Gasteiger partial charge is 0.228 e. The van der Waals surface area contributed by atoms with Gasteiger partial charge in [0.1, 0.15) is 0 Å². The second kappa shape index (κ2) is 13.3. The number of allylic oxidation sites excluding steroid dienone is 2. The number of carbonyl (C=O) groups is 1. The highest BCUT2D eigenvalue weighted by molar-refractivity contribution is 9.08. The van der Waals surface area contributed by atoms with Gasteiger partial charge in [-0.15, -0.1) is 0 Å². The van der Waals surface area contributed by atoms with Crippen molar-refractivity contribution in [3.63, 3.8) is 0 Å². The molecule has 2 aromatic carbocycles. The Balaban J connectivity index is 1.70. The van der Waals surface area contributed by atoms with Crippen LogP contribution in [0.1, 0.15) is 74.8 Å². The predicted octanol–water partition coefficient (Wildman–Crippen LogP) is 7.16. The van der Waals surface area contributed by atoms with E-state index in [1.165, 1.54) is 44.8 Å². The van der Waals surface area contributed by atoms with Crippen molar-refractivity contribution in [3.8, 4) is 0 Å². The molecule has 0 aliphatic carbocycles. The molecule has 2 fully saturated rings. The summed E-state index contributed by atoms with van der Waals surface area (Å²) in [6, 6.07) is 13.9. The molecule has 4 rings (SSSR count). The molecule has 0 atom stereocenters. The highest BCUT2D eigenvalue weighted by Crippen LogP contribution is 2.38. The van der Waals surface area contributed by atoms with E-state index in [-0.39, 0.29) is 5.92 Å². The lowest BCUT2D eigenvalue weighted by Crippen LogP contribution is -2.53. The lowest BCUT2D eigenvalue weighted by Gasteiger charge is -2.41. The van der Waals surface area contributed by atoms with Gasteiger partial charge >= 0.3 is 0 Å². The van der Waals surface area contributed by atoms with Gasteiger partial charge in [0, 0.05) is 55.4 Å². The van der Waals surface area contributed by atoms with E-state index in [9.17, 15) is 4.79 Å². The number of anilines is 1. The Bertz CT molecular complexity index is 1130. The summed E-state index contributed by atoms with van der Waals surface area (Å²) in [6.45, 7) is 15.7. The standard InChI is InChI=1S/C33H46BrN3O/c1-6-23(4)32(29-13-15-36(16-14-29)33(38)30-20-35-21-30)37(22-26-11-9-25(19-34)10-12-26)31-18-28(8-3)27(7-2)17-24(31)5/h9-12,17-18,29-30,35H,6-8,13-16,19-22H2,1-5H3. The molecule has 2 aromatic rings. The first kappa shape index (κ1) is 28.9. The molecule has 4 nitrogen and oxygen atoms in total. The van der Waals surface area contributed by atoms with E-state index in [4.69, 9.17) is 0 Å². The molecule has 0 aromatic heterocycles. The fraction of sp³-hybridized carbons (Fsp3) is 0.545. The number of amides is 1. The second-order valence-electron chi connectivity index (χ2n) is 11.1. The van der Waals surface area contributed by atoms with Crippen molar-refractivity contribution in [2.45, 2.75) is 78.6 Å². The number of carbonyl (C=O) groups excluding carboxylic acids is 1. The molecule has 0 unspecified atom stereocenters. The van der Waals surface area contributed by atoms with Gasteiger partial charge in [-0.1, -0.05) is 72.6 Å². The maximum atomic E-state index is 12.9. The normalized spacial score (nSPS) is 17.3. The molecule has 0 bridgehead atoms. The molecule has 2 saturated heterocycles. The van der Waals surface area contributed by atoms with E-state index >= 15 is 0 Å². The summed E-state index contributed by atoms with van der Waals surface area (Å²) in [7, 11) is 0. The number of rotatable bonds is 10. The van der Waals surface area contributed by atoms with Gasteiger partial charge in [-0.3, -0.25) is 4.79 Å². The van der Waals surface area contributed by atoms with E-state index in [0.717, 1.165) is 70.2 Å². The first-order valence-corrected chi connectivity index (χ1v) is 15.7. The molecular weight excluding hydrogens is 534 g/mol. The van der Waals surface area contributed by atoms with Crippen LogP contribution in [0.2, 0.25) is 0 Å². The minimum Gasteiger partial charge on any atom is -0.342 e. The summed E-state index contributed by atoms with van der Waals surface area (Å²) >= 11 is 3.60. The molecule has 1 N–H and O–H groups in total. The first-order chi connectivity index (χ1) is 18.4. The number of likely N-dealkylation sites (tertiary alicyclic amines) is 1.